The molecule has 0 saturated carbocycles. The molecule has 0 spiro atoms. The molecule has 5 heteroatoms. The van der Waals surface area contributed by atoms with Crippen molar-refractivity contribution in [3.8, 4) is 11.3 Å². The molecule has 0 aliphatic rings. The van der Waals surface area contributed by atoms with Crippen molar-refractivity contribution in [3.63, 3.8) is 0 Å². The van der Waals surface area contributed by atoms with Gasteiger partial charge in [0.2, 0.25) is 0 Å². The first-order valence-corrected chi connectivity index (χ1v) is 4.75. The summed E-state index contributed by atoms with van der Waals surface area (Å²) in [5.41, 5.74) is 6.48. The fraction of sp³-hybridized carbons (Fsp3) is 0.182. The lowest BCUT2D eigenvalue weighted by Gasteiger charge is -1.96. The number of aromatic nitrogens is 1. The number of benzene rings is 1. The van der Waals surface area contributed by atoms with Gasteiger partial charge in [-0.15, -0.1) is 0 Å². The van der Waals surface area contributed by atoms with Crippen LogP contribution in [0.5, 0.6) is 0 Å². The molecular weight excluding hydrogens is 214 g/mol. The van der Waals surface area contributed by atoms with Gasteiger partial charge in [-0.25, -0.2) is 8.78 Å². The van der Waals surface area contributed by atoms with Crippen molar-refractivity contribution < 1.29 is 13.3 Å². The Morgan fingerprint density at radius 3 is 2.56 bits per heavy atom. The SMILES string of the molecule is CC(N)c1cc(-c2ccc(F)c(F)c2)no1. The molecule has 1 heterocycles. The summed E-state index contributed by atoms with van der Waals surface area (Å²) in [4.78, 5) is 0. The van der Waals surface area contributed by atoms with E-state index in [0.29, 0.717) is 17.0 Å². The van der Waals surface area contributed by atoms with Crippen molar-refractivity contribution in [3.05, 3.63) is 41.7 Å². The Kier molecular flexibility index (Phi) is 2.70. The summed E-state index contributed by atoms with van der Waals surface area (Å²) in [5, 5.41) is 3.73. The summed E-state index contributed by atoms with van der Waals surface area (Å²) in [7, 11) is 0. The van der Waals surface area contributed by atoms with E-state index in [2.05, 4.69) is 5.16 Å². The van der Waals surface area contributed by atoms with Crippen LogP contribution >= 0.6 is 0 Å². The highest BCUT2D eigenvalue weighted by Crippen LogP contribution is 2.23. The van der Waals surface area contributed by atoms with Crippen LogP contribution in [0.2, 0.25) is 0 Å². The topological polar surface area (TPSA) is 52.0 Å². The van der Waals surface area contributed by atoms with E-state index in [-0.39, 0.29) is 6.04 Å². The number of nitrogens with two attached hydrogens (primary N) is 1. The molecule has 1 aromatic carbocycles. The molecule has 2 aromatic rings. The van der Waals surface area contributed by atoms with Gasteiger partial charge in [-0.1, -0.05) is 5.16 Å². The van der Waals surface area contributed by atoms with E-state index < -0.39 is 11.6 Å². The molecule has 3 nitrogen and oxygen atoms in total. The van der Waals surface area contributed by atoms with Crippen LogP contribution in [0.4, 0.5) is 8.78 Å². The second-order valence-corrected chi connectivity index (χ2v) is 3.53. The molecule has 2 N–H and O–H groups in total. The van der Waals surface area contributed by atoms with Gasteiger partial charge >= 0.3 is 0 Å². The monoisotopic (exact) mass is 224 g/mol. The molecule has 0 aliphatic heterocycles. The van der Waals surface area contributed by atoms with Crippen LogP contribution in [-0.2, 0) is 0 Å². The highest BCUT2D eigenvalue weighted by molar-refractivity contribution is 5.58. The highest BCUT2D eigenvalue weighted by atomic mass is 19.2. The standard InChI is InChI=1S/C11H10F2N2O/c1-6(14)11-5-10(15-16-11)7-2-3-8(12)9(13)4-7/h2-6H,14H2,1H3. The minimum atomic E-state index is -0.914. The van der Waals surface area contributed by atoms with Crippen LogP contribution in [-0.4, -0.2) is 5.16 Å². The van der Waals surface area contributed by atoms with E-state index in [4.69, 9.17) is 10.3 Å². The predicted molar refractivity (Wildman–Crippen MR) is 54.5 cm³/mol. The molecule has 1 atom stereocenters. The first kappa shape index (κ1) is 10.8. The maximum atomic E-state index is 13.0. The second kappa shape index (κ2) is 4.02. The minimum absolute atomic E-state index is 0.286. The van der Waals surface area contributed by atoms with Crippen LogP contribution in [0, 0.1) is 11.6 Å². The van der Waals surface area contributed by atoms with E-state index in [1.165, 1.54) is 6.07 Å². The average molecular weight is 224 g/mol. The number of hydrogen-bond donors (Lipinski definition) is 1. The highest BCUT2D eigenvalue weighted by Gasteiger charge is 2.11. The van der Waals surface area contributed by atoms with Crippen molar-refractivity contribution >= 4 is 0 Å². The van der Waals surface area contributed by atoms with Crippen LogP contribution in [0.15, 0.2) is 28.8 Å². The molecule has 1 aromatic heterocycles. The van der Waals surface area contributed by atoms with E-state index in [1.807, 2.05) is 0 Å². The predicted octanol–water partition coefficient (Wildman–Crippen LogP) is 2.64. The Morgan fingerprint density at radius 1 is 1.25 bits per heavy atom. The molecule has 0 aliphatic carbocycles. The number of hydrogen-bond acceptors (Lipinski definition) is 3. The first-order valence-electron chi connectivity index (χ1n) is 4.75. The van der Waals surface area contributed by atoms with Crippen molar-refractivity contribution in [1.29, 1.82) is 0 Å². The molecular formula is C11H10F2N2O. The third kappa shape index (κ3) is 1.94. The quantitative estimate of drug-likeness (QED) is 0.853. The van der Waals surface area contributed by atoms with Crippen molar-refractivity contribution in [2.75, 3.05) is 0 Å². The summed E-state index contributed by atoms with van der Waals surface area (Å²) in [6.07, 6.45) is 0. The van der Waals surface area contributed by atoms with Crippen molar-refractivity contribution in [2.24, 2.45) is 5.73 Å². The van der Waals surface area contributed by atoms with Crippen molar-refractivity contribution in [1.82, 2.24) is 5.16 Å². The molecule has 0 amide bonds. The van der Waals surface area contributed by atoms with Gasteiger partial charge in [-0.3, -0.25) is 0 Å². The molecule has 1 unspecified atom stereocenters. The number of rotatable bonds is 2. The second-order valence-electron chi connectivity index (χ2n) is 3.53. The van der Waals surface area contributed by atoms with E-state index in [9.17, 15) is 8.78 Å². The first-order chi connectivity index (χ1) is 7.58. The van der Waals surface area contributed by atoms with Gasteiger partial charge in [0.05, 0.1) is 6.04 Å². The smallest absolute Gasteiger partial charge is 0.159 e. The summed E-state index contributed by atoms with van der Waals surface area (Å²) in [6.45, 7) is 1.75. The molecule has 0 radical (unpaired) electrons. The van der Waals surface area contributed by atoms with Gasteiger partial charge < -0.3 is 10.3 Å². The molecule has 16 heavy (non-hydrogen) atoms. The van der Waals surface area contributed by atoms with Crippen LogP contribution < -0.4 is 5.73 Å². The van der Waals surface area contributed by atoms with Gasteiger partial charge in [-0.2, -0.15) is 0 Å². The average Bonchev–Trinajstić information content (AvgIpc) is 2.71. The third-order valence-corrected chi connectivity index (χ3v) is 2.19. The van der Waals surface area contributed by atoms with Crippen LogP contribution in [0.3, 0.4) is 0 Å². The maximum Gasteiger partial charge on any atom is 0.159 e. The normalized spacial score (nSPS) is 12.8. The zero-order chi connectivity index (χ0) is 11.7. The molecule has 0 saturated heterocycles. The Balaban J connectivity index is 2.39. The Labute approximate surface area is 90.9 Å². The maximum absolute atomic E-state index is 13.0. The number of halogens is 2. The van der Waals surface area contributed by atoms with Crippen molar-refractivity contribution in [2.45, 2.75) is 13.0 Å². The summed E-state index contributed by atoms with van der Waals surface area (Å²) in [5.74, 6) is -1.30. The molecule has 0 fully saturated rings. The fourth-order valence-electron chi connectivity index (χ4n) is 1.30. The Bertz CT molecular complexity index is 508. The van der Waals surface area contributed by atoms with E-state index >= 15 is 0 Å². The zero-order valence-corrected chi connectivity index (χ0v) is 8.58. The minimum Gasteiger partial charge on any atom is -0.359 e. The Hall–Kier alpha value is -1.75. The van der Waals surface area contributed by atoms with Crippen LogP contribution in [0.25, 0.3) is 11.3 Å². The molecule has 84 valence electrons. The lowest BCUT2D eigenvalue weighted by Crippen LogP contribution is -2.02. The fourth-order valence-corrected chi connectivity index (χ4v) is 1.30. The van der Waals surface area contributed by atoms with Gasteiger partial charge in [-0.05, 0) is 25.1 Å². The summed E-state index contributed by atoms with van der Waals surface area (Å²) >= 11 is 0. The summed E-state index contributed by atoms with van der Waals surface area (Å²) < 4.78 is 30.6. The van der Waals surface area contributed by atoms with Gasteiger partial charge in [0.15, 0.2) is 17.4 Å². The Morgan fingerprint density at radius 2 is 2.00 bits per heavy atom. The van der Waals surface area contributed by atoms with E-state index in [0.717, 1.165) is 12.1 Å². The van der Waals surface area contributed by atoms with Gasteiger partial charge in [0.1, 0.15) is 5.69 Å². The number of nitrogens with zero attached hydrogens (tertiary/aromatic N) is 1. The van der Waals surface area contributed by atoms with E-state index in [1.54, 1.807) is 13.0 Å². The third-order valence-electron chi connectivity index (χ3n) is 2.19. The molecule has 0 bridgehead atoms. The van der Waals surface area contributed by atoms with Gasteiger partial charge in [0, 0.05) is 11.6 Å². The van der Waals surface area contributed by atoms with Gasteiger partial charge in [0.25, 0.3) is 0 Å². The van der Waals surface area contributed by atoms with Crippen LogP contribution in [0.1, 0.15) is 18.7 Å². The lowest BCUT2D eigenvalue weighted by atomic mass is 10.1. The largest absolute Gasteiger partial charge is 0.359 e. The lowest BCUT2D eigenvalue weighted by molar-refractivity contribution is 0.369. The summed E-state index contributed by atoms with van der Waals surface area (Å²) in [6, 6.07) is 4.87. The zero-order valence-electron chi connectivity index (χ0n) is 8.58. The molecule has 2 rings (SSSR count).